The van der Waals surface area contributed by atoms with Gasteiger partial charge in [0.2, 0.25) is 0 Å². The minimum absolute atomic E-state index is 0.0828. The zero-order valence-corrected chi connectivity index (χ0v) is 17.2. The predicted octanol–water partition coefficient (Wildman–Crippen LogP) is 4.58. The van der Waals surface area contributed by atoms with E-state index in [1.165, 1.54) is 0 Å². The molecule has 1 heterocycles. The van der Waals surface area contributed by atoms with Gasteiger partial charge in [0.25, 0.3) is 0 Å². The van der Waals surface area contributed by atoms with Gasteiger partial charge in [0.15, 0.2) is 5.56 Å². The van der Waals surface area contributed by atoms with Crippen LogP contribution >= 0.6 is 11.6 Å². The van der Waals surface area contributed by atoms with Crippen LogP contribution in [0.2, 0.25) is 5.02 Å². The summed E-state index contributed by atoms with van der Waals surface area (Å²) in [6, 6.07) is 14.2. The molecule has 0 spiro atoms. The molecule has 0 bridgehead atoms. The van der Waals surface area contributed by atoms with Crippen LogP contribution in [-0.2, 0) is 0 Å². The van der Waals surface area contributed by atoms with E-state index in [9.17, 15) is 10.1 Å². The molecular weight excluding hydrogens is 392 g/mol. The summed E-state index contributed by atoms with van der Waals surface area (Å²) >= 11 is 6.02. The average molecular weight is 411 g/mol. The molecule has 6 nitrogen and oxygen atoms in total. The molecule has 0 saturated heterocycles. The number of nitrogens with zero attached hydrogens (tertiary/aromatic N) is 2. The van der Waals surface area contributed by atoms with E-state index in [1.807, 2.05) is 6.07 Å². The van der Waals surface area contributed by atoms with Gasteiger partial charge in [-0.05, 0) is 36.4 Å². The van der Waals surface area contributed by atoms with E-state index >= 15 is 0 Å². The van der Waals surface area contributed by atoms with Gasteiger partial charge >= 0.3 is 5.63 Å². The van der Waals surface area contributed by atoms with Crippen LogP contribution in [0.3, 0.4) is 0 Å². The molecule has 0 unspecified atom stereocenters. The summed E-state index contributed by atoms with van der Waals surface area (Å²) in [6.45, 7) is 0. The second-order valence-corrected chi connectivity index (χ2v) is 6.83. The maximum absolute atomic E-state index is 12.6. The van der Waals surface area contributed by atoms with Crippen molar-refractivity contribution >= 4 is 17.3 Å². The van der Waals surface area contributed by atoms with Crippen molar-refractivity contribution in [3.8, 4) is 40.0 Å². The first-order valence-corrected chi connectivity index (χ1v) is 9.06. The van der Waals surface area contributed by atoms with E-state index in [0.29, 0.717) is 44.7 Å². The molecule has 0 atom stereocenters. The van der Waals surface area contributed by atoms with E-state index in [0.717, 1.165) is 0 Å². The third-order valence-corrected chi connectivity index (χ3v) is 4.69. The van der Waals surface area contributed by atoms with Gasteiger partial charge in [-0.3, -0.25) is 0 Å². The number of hydrogen-bond acceptors (Lipinski definition) is 6. The summed E-state index contributed by atoms with van der Waals surface area (Å²) in [5, 5.41) is 10.2. The second kappa shape index (κ2) is 8.29. The number of ether oxygens (including phenoxy) is 2. The lowest BCUT2D eigenvalue weighted by Gasteiger charge is -2.22. The van der Waals surface area contributed by atoms with E-state index in [2.05, 4.69) is 0 Å². The highest BCUT2D eigenvalue weighted by Crippen LogP contribution is 2.44. The normalized spacial score (nSPS) is 10.3. The van der Waals surface area contributed by atoms with E-state index < -0.39 is 5.63 Å². The number of methoxy groups -OCH3 is 2. The molecular formula is C22H19ClN2O4. The first-order valence-electron chi connectivity index (χ1n) is 8.68. The van der Waals surface area contributed by atoms with Gasteiger partial charge < -0.3 is 18.8 Å². The number of hydrogen-bond donors (Lipinski definition) is 0. The van der Waals surface area contributed by atoms with Gasteiger partial charge in [0.05, 0.1) is 25.5 Å². The Labute approximate surface area is 173 Å². The third kappa shape index (κ3) is 3.78. The van der Waals surface area contributed by atoms with Gasteiger partial charge in [-0.1, -0.05) is 11.6 Å². The molecule has 29 heavy (non-hydrogen) atoms. The van der Waals surface area contributed by atoms with Crippen LogP contribution in [0.25, 0.3) is 22.5 Å². The fourth-order valence-corrected chi connectivity index (χ4v) is 3.26. The first-order chi connectivity index (χ1) is 13.9. The van der Waals surface area contributed by atoms with Crippen molar-refractivity contribution in [2.24, 2.45) is 0 Å². The molecule has 3 rings (SSSR count). The summed E-state index contributed by atoms with van der Waals surface area (Å²) in [7, 11) is 6.63. The molecule has 3 aromatic rings. The molecule has 1 aromatic heterocycles. The summed E-state index contributed by atoms with van der Waals surface area (Å²) < 4.78 is 16.5. The summed E-state index contributed by atoms with van der Waals surface area (Å²) in [5.41, 5.74) is 1.51. The lowest BCUT2D eigenvalue weighted by Crippen LogP contribution is -2.18. The molecule has 0 aliphatic carbocycles. The maximum atomic E-state index is 12.6. The van der Waals surface area contributed by atoms with Gasteiger partial charge in [0.1, 0.15) is 23.3 Å². The van der Waals surface area contributed by atoms with E-state index in [-0.39, 0.29) is 5.56 Å². The van der Waals surface area contributed by atoms with Gasteiger partial charge in [-0.2, -0.15) is 5.26 Å². The van der Waals surface area contributed by atoms with Gasteiger partial charge in [-0.25, -0.2) is 4.79 Å². The van der Waals surface area contributed by atoms with Crippen LogP contribution in [0.1, 0.15) is 5.56 Å². The summed E-state index contributed by atoms with van der Waals surface area (Å²) in [4.78, 5) is 14.3. The molecule has 0 fully saturated rings. The van der Waals surface area contributed by atoms with E-state index in [1.54, 1.807) is 75.7 Å². The molecule has 148 valence electrons. The minimum Gasteiger partial charge on any atom is -0.497 e. The molecule has 0 saturated carbocycles. The number of nitriles is 1. The van der Waals surface area contributed by atoms with Crippen molar-refractivity contribution in [3.05, 3.63) is 63.5 Å². The summed E-state index contributed by atoms with van der Waals surface area (Å²) in [6.07, 6.45) is 0. The largest absolute Gasteiger partial charge is 0.497 e. The maximum Gasteiger partial charge on any atom is 0.356 e. The van der Waals surface area contributed by atoms with Crippen molar-refractivity contribution in [2.45, 2.75) is 0 Å². The quantitative estimate of drug-likeness (QED) is 0.612. The Morgan fingerprint density at radius 1 is 1.07 bits per heavy atom. The van der Waals surface area contributed by atoms with Crippen molar-refractivity contribution in [1.82, 2.24) is 0 Å². The standard InChI is InChI=1S/C22H19ClN2O4/c1-25(2)20-17(12-24)22(26)29-21(13-5-7-14(23)8-6-13)19(20)16-10-9-15(27-3)11-18(16)28-4/h5-11H,1-4H3. The number of anilines is 1. The van der Waals surface area contributed by atoms with Crippen LogP contribution in [0.15, 0.2) is 51.7 Å². The number of rotatable bonds is 5. The fraction of sp³-hybridized carbons (Fsp3) is 0.182. The highest BCUT2D eigenvalue weighted by molar-refractivity contribution is 6.30. The monoisotopic (exact) mass is 410 g/mol. The average Bonchev–Trinajstić information content (AvgIpc) is 2.73. The van der Waals surface area contributed by atoms with Crippen LogP contribution in [0.5, 0.6) is 11.5 Å². The van der Waals surface area contributed by atoms with Crippen molar-refractivity contribution < 1.29 is 13.9 Å². The molecule has 0 radical (unpaired) electrons. The zero-order chi connectivity index (χ0) is 21.1. The topological polar surface area (TPSA) is 75.7 Å². The number of benzene rings is 2. The Balaban J connectivity index is 2.47. The Kier molecular flexibility index (Phi) is 5.81. The lowest BCUT2D eigenvalue weighted by atomic mass is 9.95. The molecule has 2 aromatic carbocycles. The Hall–Kier alpha value is -3.43. The molecule has 0 aliphatic heterocycles. The smallest absolute Gasteiger partial charge is 0.356 e. The van der Waals surface area contributed by atoms with Crippen LogP contribution in [0.4, 0.5) is 5.69 Å². The van der Waals surface area contributed by atoms with Crippen molar-refractivity contribution in [2.75, 3.05) is 33.2 Å². The van der Waals surface area contributed by atoms with Crippen LogP contribution in [-0.4, -0.2) is 28.3 Å². The van der Waals surface area contributed by atoms with Gasteiger partial charge in [0, 0.05) is 36.3 Å². The summed E-state index contributed by atoms with van der Waals surface area (Å²) in [5.74, 6) is 1.45. The van der Waals surface area contributed by atoms with Crippen LogP contribution < -0.4 is 20.0 Å². The Morgan fingerprint density at radius 2 is 1.76 bits per heavy atom. The molecule has 0 amide bonds. The van der Waals surface area contributed by atoms with Gasteiger partial charge in [-0.15, -0.1) is 0 Å². The number of halogens is 1. The van der Waals surface area contributed by atoms with Crippen molar-refractivity contribution in [3.63, 3.8) is 0 Å². The Morgan fingerprint density at radius 3 is 2.31 bits per heavy atom. The zero-order valence-electron chi connectivity index (χ0n) is 16.4. The molecule has 0 N–H and O–H groups in total. The minimum atomic E-state index is -0.711. The molecule has 0 aliphatic rings. The van der Waals surface area contributed by atoms with Crippen molar-refractivity contribution in [1.29, 1.82) is 5.26 Å². The first kappa shape index (κ1) is 20.3. The lowest BCUT2D eigenvalue weighted by molar-refractivity contribution is 0.395. The highest BCUT2D eigenvalue weighted by Gasteiger charge is 2.26. The SMILES string of the molecule is COc1ccc(-c2c(-c3ccc(Cl)cc3)oc(=O)c(C#N)c2N(C)C)c(OC)c1. The Bertz CT molecular complexity index is 1150. The van der Waals surface area contributed by atoms with Crippen LogP contribution in [0, 0.1) is 11.3 Å². The van der Waals surface area contributed by atoms with E-state index in [4.69, 9.17) is 25.5 Å². The fourth-order valence-electron chi connectivity index (χ4n) is 3.13. The highest BCUT2D eigenvalue weighted by atomic mass is 35.5. The second-order valence-electron chi connectivity index (χ2n) is 6.40. The third-order valence-electron chi connectivity index (χ3n) is 4.44. The predicted molar refractivity (Wildman–Crippen MR) is 113 cm³/mol. The molecule has 7 heteroatoms.